The Morgan fingerprint density at radius 2 is 1.80 bits per heavy atom. The average molecular weight is 270 g/mol. The summed E-state index contributed by atoms with van der Waals surface area (Å²) in [5.41, 5.74) is 0.689. The van der Waals surface area contributed by atoms with Crippen LogP contribution in [0, 0.1) is 0 Å². The maximum atomic E-state index is 12.6. The van der Waals surface area contributed by atoms with Gasteiger partial charge in [0.2, 0.25) is 0 Å². The fourth-order valence-electron chi connectivity index (χ4n) is 3.82. The van der Waals surface area contributed by atoms with Crippen LogP contribution in [-0.4, -0.2) is 39.0 Å². The first-order valence-corrected chi connectivity index (χ1v) is 7.30. The highest BCUT2D eigenvalue weighted by atomic mass is 16.1. The van der Waals surface area contributed by atoms with Gasteiger partial charge < -0.3 is 4.90 Å². The summed E-state index contributed by atoms with van der Waals surface area (Å²) in [6.07, 6.45) is 4.51. The van der Waals surface area contributed by atoms with Crippen molar-refractivity contribution in [3.05, 3.63) is 34.6 Å². The van der Waals surface area contributed by atoms with E-state index in [1.165, 1.54) is 12.8 Å². The molecule has 2 saturated heterocycles. The SMILES string of the molecule is CN1[C@@H]2CC[C@H]1CC(n1nnc3ccccc3c1=O)C2. The van der Waals surface area contributed by atoms with Gasteiger partial charge in [-0.2, -0.15) is 0 Å². The van der Waals surface area contributed by atoms with Gasteiger partial charge in [-0.25, -0.2) is 4.68 Å². The van der Waals surface area contributed by atoms with Crippen LogP contribution >= 0.6 is 0 Å². The molecule has 0 spiro atoms. The second-order valence-corrected chi connectivity index (χ2v) is 6.03. The molecule has 0 N–H and O–H groups in total. The van der Waals surface area contributed by atoms with Crippen LogP contribution in [0.3, 0.4) is 0 Å². The lowest BCUT2D eigenvalue weighted by Gasteiger charge is -2.36. The van der Waals surface area contributed by atoms with E-state index in [-0.39, 0.29) is 11.6 Å². The Kier molecular flexibility index (Phi) is 2.63. The van der Waals surface area contributed by atoms with Gasteiger partial charge in [0.05, 0.1) is 11.4 Å². The van der Waals surface area contributed by atoms with E-state index in [1.807, 2.05) is 24.3 Å². The molecule has 3 atom stereocenters. The third-order valence-corrected chi connectivity index (χ3v) is 5.01. The first-order chi connectivity index (χ1) is 9.74. The molecule has 1 aromatic heterocycles. The van der Waals surface area contributed by atoms with Gasteiger partial charge in [0.1, 0.15) is 5.52 Å². The summed E-state index contributed by atoms with van der Waals surface area (Å²) in [5, 5.41) is 9.07. The van der Waals surface area contributed by atoms with Crippen LogP contribution in [0.5, 0.6) is 0 Å². The summed E-state index contributed by atoms with van der Waals surface area (Å²) in [5.74, 6) is 0. The number of nitrogens with zero attached hydrogens (tertiary/aromatic N) is 4. The van der Waals surface area contributed by atoms with E-state index in [2.05, 4.69) is 22.3 Å². The van der Waals surface area contributed by atoms with E-state index in [1.54, 1.807) is 4.68 Å². The number of fused-ring (bicyclic) bond motifs is 3. The van der Waals surface area contributed by atoms with Crippen LogP contribution in [-0.2, 0) is 0 Å². The summed E-state index contributed by atoms with van der Waals surface area (Å²) < 4.78 is 1.63. The monoisotopic (exact) mass is 270 g/mol. The summed E-state index contributed by atoms with van der Waals surface area (Å²) in [4.78, 5) is 15.1. The fourth-order valence-corrected chi connectivity index (χ4v) is 3.82. The van der Waals surface area contributed by atoms with Gasteiger partial charge in [0, 0.05) is 12.1 Å². The van der Waals surface area contributed by atoms with E-state index in [4.69, 9.17) is 0 Å². The molecule has 3 heterocycles. The molecule has 104 valence electrons. The van der Waals surface area contributed by atoms with Crippen molar-refractivity contribution in [1.29, 1.82) is 0 Å². The topological polar surface area (TPSA) is 51.0 Å². The Morgan fingerprint density at radius 3 is 2.55 bits per heavy atom. The molecule has 0 amide bonds. The number of hydrogen-bond acceptors (Lipinski definition) is 4. The van der Waals surface area contributed by atoms with Crippen molar-refractivity contribution >= 4 is 10.9 Å². The van der Waals surface area contributed by atoms with Gasteiger partial charge in [-0.3, -0.25) is 4.79 Å². The van der Waals surface area contributed by atoms with Crippen molar-refractivity contribution < 1.29 is 0 Å². The van der Waals surface area contributed by atoms with E-state index in [9.17, 15) is 4.79 Å². The number of rotatable bonds is 1. The minimum Gasteiger partial charge on any atom is -0.300 e. The Bertz CT molecular complexity index is 696. The third-order valence-electron chi connectivity index (χ3n) is 5.01. The highest BCUT2D eigenvalue weighted by molar-refractivity contribution is 5.76. The molecule has 2 aliphatic rings. The van der Waals surface area contributed by atoms with Gasteiger partial charge in [0.15, 0.2) is 0 Å². The third kappa shape index (κ3) is 1.69. The molecule has 0 saturated carbocycles. The lowest BCUT2D eigenvalue weighted by molar-refractivity contribution is 0.128. The van der Waals surface area contributed by atoms with E-state index < -0.39 is 0 Å². The molecule has 0 radical (unpaired) electrons. The molecule has 1 unspecified atom stereocenters. The Labute approximate surface area is 117 Å². The normalized spacial score (nSPS) is 29.9. The molecular weight excluding hydrogens is 252 g/mol. The first-order valence-electron chi connectivity index (χ1n) is 7.30. The van der Waals surface area contributed by atoms with E-state index >= 15 is 0 Å². The molecule has 5 heteroatoms. The summed E-state index contributed by atoms with van der Waals surface area (Å²) in [7, 11) is 2.20. The van der Waals surface area contributed by atoms with Crippen molar-refractivity contribution in [2.24, 2.45) is 0 Å². The molecule has 0 aliphatic carbocycles. The van der Waals surface area contributed by atoms with Gasteiger partial charge in [-0.1, -0.05) is 17.3 Å². The minimum atomic E-state index is 0.00422. The number of benzene rings is 1. The molecule has 5 nitrogen and oxygen atoms in total. The Balaban J connectivity index is 1.76. The quantitative estimate of drug-likeness (QED) is 0.789. The van der Waals surface area contributed by atoms with Gasteiger partial charge in [-0.05, 0) is 44.9 Å². The zero-order valence-corrected chi connectivity index (χ0v) is 11.6. The molecule has 1 aromatic carbocycles. The summed E-state index contributed by atoms with van der Waals surface area (Å²) in [6, 6.07) is 8.84. The van der Waals surface area contributed by atoms with Gasteiger partial charge >= 0.3 is 0 Å². The maximum Gasteiger partial charge on any atom is 0.277 e. The minimum absolute atomic E-state index is 0.00422. The molecule has 4 rings (SSSR count). The second kappa shape index (κ2) is 4.38. The molecule has 2 bridgehead atoms. The molecule has 2 aliphatic heterocycles. The lowest BCUT2D eigenvalue weighted by atomic mass is 9.98. The predicted octanol–water partition coefficient (Wildman–Crippen LogP) is 1.59. The van der Waals surface area contributed by atoms with Crippen molar-refractivity contribution in [3.8, 4) is 0 Å². The zero-order valence-electron chi connectivity index (χ0n) is 11.6. The number of aromatic nitrogens is 3. The van der Waals surface area contributed by atoms with Crippen LogP contribution in [0.25, 0.3) is 10.9 Å². The summed E-state index contributed by atoms with van der Waals surface area (Å²) in [6.45, 7) is 0. The molecule has 20 heavy (non-hydrogen) atoms. The zero-order chi connectivity index (χ0) is 13.7. The van der Waals surface area contributed by atoms with Crippen LogP contribution < -0.4 is 5.56 Å². The van der Waals surface area contributed by atoms with Gasteiger partial charge in [0.25, 0.3) is 5.56 Å². The maximum absolute atomic E-state index is 12.6. The number of hydrogen-bond donors (Lipinski definition) is 0. The van der Waals surface area contributed by atoms with Gasteiger partial charge in [-0.15, -0.1) is 5.10 Å². The van der Waals surface area contributed by atoms with Crippen molar-refractivity contribution in [3.63, 3.8) is 0 Å². The van der Waals surface area contributed by atoms with Crippen molar-refractivity contribution in [2.45, 2.75) is 43.8 Å². The van der Waals surface area contributed by atoms with Crippen LogP contribution in [0.2, 0.25) is 0 Å². The van der Waals surface area contributed by atoms with Crippen LogP contribution in [0.1, 0.15) is 31.7 Å². The van der Waals surface area contributed by atoms with Crippen LogP contribution in [0.15, 0.2) is 29.1 Å². The largest absolute Gasteiger partial charge is 0.300 e. The van der Waals surface area contributed by atoms with E-state index in [0.717, 1.165) is 12.8 Å². The second-order valence-electron chi connectivity index (χ2n) is 6.03. The Morgan fingerprint density at radius 1 is 1.10 bits per heavy atom. The standard InChI is InChI=1S/C15H18N4O/c1-18-10-6-7-11(18)9-12(8-10)19-15(20)13-4-2-3-5-14(13)16-17-19/h2-5,10-12H,6-9H2,1H3/t10-,11+,12?. The lowest BCUT2D eigenvalue weighted by Crippen LogP contribution is -2.43. The number of piperidine rings is 1. The van der Waals surface area contributed by atoms with Crippen molar-refractivity contribution in [1.82, 2.24) is 19.9 Å². The Hall–Kier alpha value is -1.75. The average Bonchev–Trinajstić information content (AvgIpc) is 2.70. The molecule has 2 aromatic rings. The first kappa shape index (κ1) is 12.0. The highest BCUT2D eigenvalue weighted by Gasteiger charge is 2.39. The summed E-state index contributed by atoms with van der Waals surface area (Å²) >= 11 is 0. The smallest absolute Gasteiger partial charge is 0.277 e. The van der Waals surface area contributed by atoms with Crippen LogP contribution in [0.4, 0.5) is 0 Å². The highest BCUT2D eigenvalue weighted by Crippen LogP contribution is 2.38. The predicted molar refractivity (Wildman–Crippen MR) is 76.6 cm³/mol. The van der Waals surface area contributed by atoms with Crippen molar-refractivity contribution in [2.75, 3.05) is 7.05 Å². The fraction of sp³-hybridized carbons (Fsp3) is 0.533. The molecule has 2 fully saturated rings. The van der Waals surface area contributed by atoms with E-state index in [0.29, 0.717) is 23.0 Å². The molecular formula is C15H18N4O.